The van der Waals surface area contributed by atoms with E-state index < -0.39 is 0 Å². The molecular weight excluding hydrogens is 268 g/mol. The van der Waals surface area contributed by atoms with Crippen LogP contribution in [0.25, 0.3) is 0 Å². The SMILES string of the molecule is c1ccc(N2CC[C@@H]3[C@H](C4CC4)Nc4ccccc4[C@@H]32)cc1. The van der Waals surface area contributed by atoms with Gasteiger partial charge < -0.3 is 10.2 Å². The fraction of sp³-hybridized carbons (Fsp3) is 0.400. The fourth-order valence-electron chi connectivity index (χ4n) is 4.60. The summed E-state index contributed by atoms with van der Waals surface area (Å²) in [6, 6.07) is 21.1. The third-order valence-corrected chi connectivity index (χ3v) is 5.73. The van der Waals surface area contributed by atoms with E-state index in [1.165, 1.54) is 42.7 Å². The Morgan fingerprint density at radius 3 is 2.45 bits per heavy atom. The summed E-state index contributed by atoms with van der Waals surface area (Å²) in [7, 11) is 0. The van der Waals surface area contributed by atoms with Crippen molar-refractivity contribution in [2.75, 3.05) is 16.8 Å². The van der Waals surface area contributed by atoms with E-state index in [1.54, 1.807) is 0 Å². The number of hydrogen-bond acceptors (Lipinski definition) is 2. The molecule has 0 unspecified atom stereocenters. The standard InChI is InChI=1S/C20H22N2/c1-2-6-15(7-3-1)22-13-12-17-19(14-10-11-14)21-18-9-5-4-8-16(18)20(17)22/h1-9,14,17,19-21H,10-13H2/t17-,19+,20+/m1/s1. The van der Waals surface area contributed by atoms with Gasteiger partial charge in [-0.05, 0) is 48.9 Å². The summed E-state index contributed by atoms with van der Waals surface area (Å²) >= 11 is 0. The van der Waals surface area contributed by atoms with Crippen molar-refractivity contribution in [3.8, 4) is 0 Å². The molecule has 2 aromatic carbocycles. The van der Waals surface area contributed by atoms with Gasteiger partial charge in [-0.25, -0.2) is 0 Å². The molecular formula is C20H22N2. The third-order valence-electron chi connectivity index (χ3n) is 5.73. The molecule has 0 radical (unpaired) electrons. The van der Waals surface area contributed by atoms with Crippen LogP contribution in [0, 0.1) is 11.8 Å². The van der Waals surface area contributed by atoms with E-state index in [-0.39, 0.29) is 0 Å². The highest BCUT2D eigenvalue weighted by molar-refractivity contribution is 5.62. The summed E-state index contributed by atoms with van der Waals surface area (Å²) in [5.74, 6) is 1.65. The van der Waals surface area contributed by atoms with Crippen LogP contribution in [0.4, 0.5) is 11.4 Å². The van der Waals surface area contributed by atoms with Crippen molar-refractivity contribution in [1.29, 1.82) is 0 Å². The molecule has 1 aliphatic carbocycles. The number of fused-ring (bicyclic) bond motifs is 3. The van der Waals surface area contributed by atoms with E-state index in [9.17, 15) is 0 Å². The number of nitrogens with one attached hydrogen (secondary N) is 1. The maximum absolute atomic E-state index is 3.88. The van der Waals surface area contributed by atoms with E-state index in [0.29, 0.717) is 12.1 Å². The monoisotopic (exact) mass is 290 g/mol. The molecule has 5 rings (SSSR count). The summed E-state index contributed by atoms with van der Waals surface area (Å²) in [5, 5.41) is 3.88. The molecule has 2 aliphatic heterocycles. The number of rotatable bonds is 2. The zero-order chi connectivity index (χ0) is 14.5. The van der Waals surface area contributed by atoms with Crippen LogP contribution in [-0.2, 0) is 0 Å². The van der Waals surface area contributed by atoms with Crippen LogP contribution >= 0.6 is 0 Å². The van der Waals surface area contributed by atoms with Crippen LogP contribution in [0.15, 0.2) is 54.6 Å². The van der Waals surface area contributed by atoms with Gasteiger partial charge in [0.1, 0.15) is 0 Å². The Kier molecular flexibility index (Phi) is 2.73. The summed E-state index contributed by atoms with van der Waals surface area (Å²) < 4.78 is 0. The van der Waals surface area contributed by atoms with Gasteiger partial charge in [0.2, 0.25) is 0 Å². The van der Waals surface area contributed by atoms with E-state index in [4.69, 9.17) is 0 Å². The van der Waals surface area contributed by atoms with Gasteiger partial charge in [0, 0.05) is 29.9 Å². The lowest BCUT2D eigenvalue weighted by Gasteiger charge is -2.40. The molecule has 3 atom stereocenters. The molecule has 2 aromatic rings. The minimum Gasteiger partial charge on any atom is -0.381 e. The molecule has 2 fully saturated rings. The highest BCUT2D eigenvalue weighted by Crippen LogP contribution is 2.52. The van der Waals surface area contributed by atoms with Crippen LogP contribution in [0.5, 0.6) is 0 Å². The van der Waals surface area contributed by atoms with Gasteiger partial charge in [0.15, 0.2) is 0 Å². The molecule has 2 nitrogen and oxygen atoms in total. The van der Waals surface area contributed by atoms with Gasteiger partial charge in [-0.15, -0.1) is 0 Å². The first-order chi connectivity index (χ1) is 10.9. The number of nitrogens with zero attached hydrogens (tertiary/aromatic N) is 1. The lowest BCUT2D eigenvalue weighted by molar-refractivity contribution is 0.369. The first-order valence-corrected chi connectivity index (χ1v) is 8.59. The molecule has 1 N–H and O–H groups in total. The first kappa shape index (κ1) is 12.6. The summed E-state index contributed by atoms with van der Waals surface area (Å²) in [6.07, 6.45) is 4.13. The quantitative estimate of drug-likeness (QED) is 0.878. The summed E-state index contributed by atoms with van der Waals surface area (Å²) in [6.45, 7) is 1.18. The Hall–Kier alpha value is -1.96. The Morgan fingerprint density at radius 1 is 0.864 bits per heavy atom. The second-order valence-corrected chi connectivity index (χ2v) is 7.02. The molecule has 112 valence electrons. The van der Waals surface area contributed by atoms with Crippen molar-refractivity contribution in [3.63, 3.8) is 0 Å². The van der Waals surface area contributed by atoms with E-state index in [0.717, 1.165) is 11.8 Å². The smallest absolute Gasteiger partial charge is 0.0611 e. The highest BCUT2D eigenvalue weighted by atomic mass is 15.2. The molecule has 0 amide bonds. The molecule has 2 heteroatoms. The predicted molar refractivity (Wildman–Crippen MR) is 91.2 cm³/mol. The van der Waals surface area contributed by atoms with Crippen LogP contribution in [0.2, 0.25) is 0 Å². The lowest BCUT2D eigenvalue weighted by atomic mass is 9.81. The largest absolute Gasteiger partial charge is 0.381 e. The zero-order valence-corrected chi connectivity index (χ0v) is 12.8. The van der Waals surface area contributed by atoms with Gasteiger partial charge in [0.25, 0.3) is 0 Å². The Bertz CT molecular complexity index is 677. The number of hydrogen-bond donors (Lipinski definition) is 1. The van der Waals surface area contributed by atoms with Crippen LogP contribution in [0.3, 0.4) is 0 Å². The number of anilines is 2. The lowest BCUT2D eigenvalue weighted by Crippen LogP contribution is -2.40. The van der Waals surface area contributed by atoms with Crippen LogP contribution < -0.4 is 10.2 Å². The average molecular weight is 290 g/mol. The topological polar surface area (TPSA) is 15.3 Å². The predicted octanol–water partition coefficient (Wildman–Crippen LogP) is 4.46. The van der Waals surface area contributed by atoms with Crippen molar-refractivity contribution in [2.45, 2.75) is 31.3 Å². The van der Waals surface area contributed by atoms with E-state index >= 15 is 0 Å². The molecule has 1 saturated heterocycles. The average Bonchev–Trinajstić information content (AvgIpc) is 3.33. The van der Waals surface area contributed by atoms with Gasteiger partial charge >= 0.3 is 0 Å². The number of benzene rings is 2. The molecule has 22 heavy (non-hydrogen) atoms. The van der Waals surface area contributed by atoms with Crippen molar-refractivity contribution in [3.05, 3.63) is 60.2 Å². The highest BCUT2D eigenvalue weighted by Gasteiger charge is 2.48. The Morgan fingerprint density at radius 2 is 1.64 bits per heavy atom. The van der Waals surface area contributed by atoms with Crippen molar-refractivity contribution < 1.29 is 0 Å². The van der Waals surface area contributed by atoms with E-state index in [2.05, 4.69) is 64.8 Å². The van der Waals surface area contributed by atoms with Crippen molar-refractivity contribution >= 4 is 11.4 Å². The molecule has 1 saturated carbocycles. The maximum atomic E-state index is 3.88. The molecule has 2 heterocycles. The summed E-state index contributed by atoms with van der Waals surface area (Å²) in [4.78, 5) is 2.64. The first-order valence-electron chi connectivity index (χ1n) is 8.59. The molecule has 0 aromatic heterocycles. The van der Waals surface area contributed by atoms with E-state index in [1.807, 2.05) is 0 Å². The minimum absolute atomic E-state index is 0.547. The number of para-hydroxylation sites is 2. The van der Waals surface area contributed by atoms with Gasteiger partial charge in [-0.2, -0.15) is 0 Å². The zero-order valence-electron chi connectivity index (χ0n) is 12.8. The van der Waals surface area contributed by atoms with Crippen molar-refractivity contribution in [1.82, 2.24) is 0 Å². The summed E-state index contributed by atoms with van der Waals surface area (Å²) in [5.41, 5.74) is 4.23. The second kappa shape index (κ2) is 4.77. The van der Waals surface area contributed by atoms with Crippen LogP contribution in [-0.4, -0.2) is 12.6 Å². The molecule has 3 aliphatic rings. The second-order valence-electron chi connectivity index (χ2n) is 7.02. The minimum atomic E-state index is 0.547. The van der Waals surface area contributed by atoms with Gasteiger partial charge in [-0.3, -0.25) is 0 Å². The normalized spacial score (nSPS) is 29.6. The van der Waals surface area contributed by atoms with Gasteiger partial charge in [0.05, 0.1) is 6.04 Å². The van der Waals surface area contributed by atoms with Crippen LogP contribution in [0.1, 0.15) is 30.9 Å². The Labute approximate surface area is 132 Å². The third kappa shape index (κ3) is 1.86. The molecule has 0 bridgehead atoms. The molecule has 0 spiro atoms. The van der Waals surface area contributed by atoms with Crippen molar-refractivity contribution in [2.24, 2.45) is 11.8 Å². The fourth-order valence-corrected chi connectivity index (χ4v) is 4.60. The maximum Gasteiger partial charge on any atom is 0.0611 e. The Balaban J connectivity index is 1.60. The van der Waals surface area contributed by atoms with Gasteiger partial charge in [-0.1, -0.05) is 36.4 Å².